The predicted molar refractivity (Wildman–Crippen MR) is 134 cm³/mol. The largest absolute Gasteiger partial charge is 0.573 e. The van der Waals surface area contributed by atoms with E-state index in [9.17, 15) is 26.0 Å². The monoisotopic (exact) mass is 550 g/mol. The molecule has 0 N–H and O–H groups in total. The quantitative estimate of drug-likeness (QED) is 0.280. The molecular formula is C26H26F4N4O3S. The molecule has 38 heavy (non-hydrogen) atoms. The molecule has 1 fully saturated rings. The summed E-state index contributed by atoms with van der Waals surface area (Å²) in [7, 11) is -1.09. The highest BCUT2D eigenvalue weighted by molar-refractivity contribution is 7.91. The number of hydrogen-bond acceptors (Lipinski definition) is 5. The summed E-state index contributed by atoms with van der Waals surface area (Å²) >= 11 is 0. The van der Waals surface area contributed by atoms with Gasteiger partial charge in [0, 0.05) is 30.4 Å². The van der Waals surface area contributed by atoms with Gasteiger partial charge in [0.15, 0.2) is 11.6 Å². The van der Waals surface area contributed by atoms with E-state index in [4.69, 9.17) is 4.98 Å². The number of aromatic nitrogens is 4. The molecule has 4 heterocycles. The first-order valence-corrected chi connectivity index (χ1v) is 14.1. The molecule has 7 nitrogen and oxygen atoms in total. The Morgan fingerprint density at radius 2 is 1.87 bits per heavy atom. The fourth-order valence-corrected chi connectivity index (χ4v) is 6.52. The fraction of sp³-hybridized carbons (Fsp3) is 0.385. The Balaban J connectivity index is 1.43. The van der Waals surface area contributed by atoms with Gasteiger partial charge in [-0.25, -0.2) is 17.8 Å². The van der Waals surface area contributed by atoms with Crippen LogP contribution < -0.4 is 4.74 Å². The molecule has 0 unspecified atom stereocenters. The molecule has 12 heteroatoms. The topological polar surface area (TPSA) is 79.0 Å². The standard InChI is InChI=1S/C26H26F4N4O3S/c1-33-16-20(14-31-33)34-15-19(4-2-3-17-9-11-38(35,36)12-10-17)21-6-7-23(32-25(21)34)18-5-8-24(22(27)13-18)37-26(28,29)30/h5-8,13-17H,2-4,9-12H2,1H3. The van der Waals surface area contributed by atoms with Gasteiger partial charge in [0.2, 0.25) is 0 Å². The Morgan fingerprint density at radius 3 is 2.53 bits per heavy atom. The van der Waals surface area contributed by atoms with Gasteiger partial charge in [0.05, 0.1) is 29.1 Å². The molecule has 3 aromatic heterocycles. The van der Waals surface area contributed by atoms with Crippen LogP contribution in [0, 0.1) is 11.7 Å². The summed E-state index contributed by atoms with van der Waals surface area (Å²) in [5.74, 6) is -1.13. The Kier molecular flexibility index (Phi) is 6.93. The van der Waals surface area contributed by atoms with E-state index in [0.717, 1.165) is 48.0 Å². The van der Waals surface area contributed by atoms with Crippen LogP contribution >= 0.6 is 0 Å². The minimum atomic E-state index is -4.99. The molecule has 5 rings (SSSR count). The Labute approximate surface area is 217 Å². The van der Waals surface area contributed by atoms with Crippen molar-refractivity contribution in [1.82, 2.24) is 19.3 Å². The van der Waals surface area contributed by atoms with Crippen molar-refractivity contribution < 1.29 is 30.7 Å². The molecule has 0 aliphatic carbocycles. The van der Waals surface area contributed by atoms with Crippen molar-refractivity contribution in [2.24, 2.45) is 13.0 Å². The lowest BCUT2D eigenvalue weighted by molar-refractivity contribution is -0.275. The molecule has 0 radical (unpaired) electrons. The second-order valence-corrected chi connectivity index (χ2v) is 11.9. The van der Waals surface area contributed by atoms with Crippen molar-refractivity contribution in [3.63, 3.8) is 0 Å². The van der Waals surface area contributed by atoms with Gasteiger partial charge in [0.1, 0.15) is 15.5 Å². The number of aryl methyl sites for hydroxylation is 2. The first-order valence-electron chi connectivity index (χ1n) is 12.2. The van der Waals surface area contributed by atoms with Gasteiger partial charge in [-0.05, 0) is 67.5 Å². The van der Waals surface area contributed by atoms with Crippen LogP contribution in [0.2, 0.25) is 0 Å². The van der Waals surface area contributed by atoms with Gasteiger partial charge in [-0.2, -0.15) is 5.10 Å². The number of hydrogen-bond donors (Lipinski definition) is 0. The maximum Gasteiger partial charge on any atom is 0.573 e. The highest BCUT2D eigenvalue weighted by atomic mass is 32.2. The number of sulfone groups is 1. The lowest BCUT2D eigenvalue weighted by Crippen LogP contribution is -2.23. The van der Waals surface area contributed by atoms with E-state index in [-0.39, 0.29) is 11.5 Å². The van der Waals surface area contributed by atoms with E-state index in [1.54, 1.807) is 24.0 Å². The molecular weight excluding hydrogens is 524 g/mol. The summed E-state index contributed by atoms with van der Waals surface area (Å²) < 4.78 is 82.6. The molecule has 1 aromatic carbocycles. The molecule has 202 valence electrons. The van der Waals surface area contributed by atoms with E-state index in [1.165, 1.54) is 6.07 Å². The van der Waals surface area contributed by atoms with Gasteiger partial charge in [-0.3, -0.25) is 9.25 Å². The van der Waals surface area contributed by atoms with Crippen molar-refractivity contribution in [3.05, 3.63) is 60.3 Å². The predicted octanol–water partition coefficient (Wildman–Crippen LogP) is 5.61. The average Bonchev–Trinajstić information content (AvgIpc) is 3.43. The van der Waals surface area contributed by atoms with Crippen LogP contribution in [0.5, 0.6) is 5.75 Å². The van der Waals surface area contributed by atoms with Gasteiger partial charge in [-0.1, -0.05) is 6.42 Å². The maximum atomic E-state index is 14.4. The van der Waals surface area contributed by atoms with E-state index in [1.807, 2.05) is 23.0 Å². The van der Waals surface area contributed by atoms with Crippen molar-refractivity contribution in [2.45, 2.75) is 38.5 Å². The number of rotatable bonds is 7. The zero-order valence-corrected chi connectivity index (χ0v) is 21.4. The average molecular weight is 551 g/mol. The number of pyridine rings is 1. The van der Waals surface area contributed by atoms with E-state index in [2.05, 4.69) is 9.84 Å². The second-order valence-electron chi connectivity index (χ2n) is 9.64. The number of halogens is 4. The van der Waals surface area contributed by atoms with Crippen LogP contribution in [-0.4, -0.2) is 45.6 Å². The SMILES string of the molecule is Cn1cc(-n2cc(CCCC3CCS(=O)(=O)CC3)c3ccc(-c4ccc(OC(F)(F)F)c(F)c4)nc32)cn1. The number of alkyl halides is 3. The normalized spacial score (nSPS) is 16.2. The van der Waals surface area contributed by atoms with Gasteiger partial charge >= 0.3 is 6.36 Å². The number of nitrogens with zero attached hydrogens (tertiary/aromatic N) is 4. The molecule has 4 aromatic rings. The molecule has 0 spiro atoms. The first kappa shape index (κ1) is 26.2. The van der Waals surface area contributed by atoms with Crippen LogP contribution in [0.4, 0.5) is 17.6 Å². The third kappa shape index (κ3) is 5.85. The lowest BCUT2D eigenvalue weighted by Gasteiger charge is -2.21. The van der Waals surface area contributed by atoms with Gasteiger partial charge in [0.25, 0.3) is 0 Å². The number of ether oxygens (including phenoxy) is 1. The maximum absolute atomic E-state index is 14.4. The van der Waals surface area contributed by atoms with Crippen LogP contribution in [0.25, 0.3) is 28.0 Å². The molecule has 0 amide bonds. The molecule has 1 aliphatic rings. The first-order chi connectivity index (χ1) is 18.0. The van der Waals surface area contributed by atoms with Crippen LogP contribution in [0.1, 0.15) is 31.2 Å². The van der Waals surface area contributed by atoms with E-state index in [0.29, 0.717) is 35.7 Å². The third-order valence-corrected chi connectivity index (χ3v) is 8.61. The molecule has 1 saturated heterocycles. The summed E-state index contributed by atoms with van der Waals surface area (Å²) in [6.45, 7) is 0. The third-order valence-electron chi connectivity index (χ3n) is 6.89. The lowest BCUT2D eigenvalue weighted by atomic mass is 9.95. The Bertz CT molecular complexity index is 1560. The second kappa shape index (κ2) is 10.0. The van der Waals surface area contributed by atoms with Crippen LogP contribution in [0.15, 0.2) is 48.9 Å². The van der Waals surface area contributed by atoms with Crippen molar-refractivity contribution in [3.8, 4) is 22.7 Å². The minimum Gasteiger partial charge on any atom is -0.403 e. The summed E-state index contributed by atoms with van der Waals surface area (Å²) in [6, 6.07) is 6.83. The van der Waals surface area contributed by atoms with Crippen molar-refractivity contribution in [2.75, 3.05) is 11.5 Å². The van der Waals surface area contributed by atoms with Crippen LogP contribution in [-0.2, 0) is 23.3 Å². The molecule has 1 aliphatic heterocycles. The summed E-state index contributed by atoms with van der Waals surface area (Å²) in [5, 5.41) is 5.14. The zero-order valence-electron chi connectivity index (χ0n) is 20.6. The smallest absolute Gasteiger partial charge is 0.403 e. The van der Waals surface area contributed by atoms with E-state index >= 15 is 0 Å². The Morgan fingerprint density at radius 1 is 1.11 bits per heavy atom. The van der Waals surface area contributed by atoms with E-state index < -0.39 is 27.8 Å². The zero-order chi connectivity index (χ0) is 27.1. The van der Waals surface area contributed by atoms with Gasteiger partial charge < -0.3 is 4.74 Å². The Hall–Kier alpha value is -3.41. The highest BCUT2D eigenvalue weighted by Crippen LogP contribution is 2.32. The van der Waals surface area contributed by atoms with Crippen molar-refractivity contribution >= 4 is 20.9 Å². The number of fused-ring (bicyclic) bond motifs is 1. The van der Waals surface area contributed by atoms with Crippen molar-refractivity contribution in [1.29, 1.82) is 0 Å². The highest BCUT2D eigenvalue weighted by Gasteiger charge is 2.32. The summed E-state index contributed by atoms with van der Waals surface area (Å²) in [6.07, 6.45) is 4.54. The minimum absolute atomic E-state index is 0.259. The fourth-order valence-electron chi connectivity index (χ4n) is 4.94. The van der Waals surface area contributed by atoms with Crippen LogP contribution in [0.3, 0.4) is 0 Å². The van der Waals surface area contributed by atoms with Gasteiger partial charge in [-0.15, -0.1) is 13.2 Å². The molecule has 0 bridgehead atoms. The summed E-state index contributed by atoms with van der Waals surface area (Å²) in [5.41, 5.74) is 3.17. The summed E-state index contributed by atoms with van der Waals surface area (Å²) in [4.78, 5) is 4.74. The number of benzene rings is 1. The molecule has 0 atom stereocenters. The molecule has 0 saturated carbocycles.